The first-order valence-corrected chi connectivity index (χ1v) is 9.34. The number of carbonyl (C=O) groups is 3. The van der Waals surface area contributed by atoms with Gasteiger partial charge in [-0.05, 0) is 24.3 Å². The quantitative estimate of drug-likeness (QED) is 0.358. The third kappa shape index (κ3) is 2.65. The van der Waals surface area contributed by atoms with Gasteiger partial charge in [-0.1, -0.05) is 42.5 Å². The Kier molecular flexibility index (Phi) is 3.87. The summed E-state index contributed by atoms with van der Waals surface area (Å²) in [5.74, 6) is -0.940. The van der Waals surface area contributed by atoms with E-state index in [1.807, 2.05) is 18.2 Å². The number of benzene rings is 2. The van der Waals surface area contributed by atoms with Gasteiger partial charge in [-0.2, -0.15) is 5.01 Å². The fraction of sp³-hybridized carbons (Fsp3) is 0.227. The van der Waals surface area contributed by atoms with E-state index in [0.29, 0.717) is 29.5 Å². The smallest absolute Gasteiger partial charge is 0.338 e. The van der Waals surface area contributed by atoms with Gasteiger partial charge < -0.3 is 4.74 Å². The molecule has 6 heteroatoms. The zero-order chi connectivity index (χ0) is 19.3. The Morgan fingerprint density at radius 3 is 2.25 bits per heavy atom. The summed E-state index contributed by atoms with van der Waals surface area (Å²) in [5, 5.41) is 3.04. The minimum Gasteiger partial charge on any atom is -0.458 e. The van der Waals surface area contributed by atoms with Crippen LogP contribution in [0, 0.1) is 0 Å². The Morgan fingerprint density at radius 1 is 0.929 bits per heavy atom. The third-order valence-electron chi connectivity index (χ3n) is 5.47. The van der Waals surface area contributed by atoms with E-state index in [4.69, 9.17) is 4.74 Å². The number of hydrogen-bond acceptors (Lipinski definition) is 5. The highest BCUT2D eigenvalue weighted by Gasteiger charge is 2.57. The van der Waals surface area contributed by atoms with Gasteiger partial charge in [-0.3, -0.25) is 9.59 Å². The molecule has 28 heavy (non-hydrogen) atoms. The predicted octanol–water partition coefficient (Wildman–Crippen LogP) is 2.83. The number of imide groups is 1. The number of nitrogens with zero attached hydrogens (tertiary/aromatic N) is 2. The molecule has 0 spiro atoms. The highest BCUT2D eigenvalue weighted by Crippen LogP contribution is 2.41. The molecular formula is C22H18N2O4. The molecule has 3 aliphatic rings. The standard InChI is InChI=1S/C22H18N2O4/c25-20-16-10-4-5-11-17(16)21(26)24(20)23-18-12-6-9-15(13-19(18)23)28-22(27)14-7-2-1-3-8-14/h1-8,10-12,15,18-19H,9,13H2/t15-,18-,19+,23?/m0/s1. The average molecular weight is 374 g/mol. The molecule has 1 aliphatic carbocycles. The summed E-state index contributed by atoms with van der Waals surface area (Å²) in [4.78, 5) is 37.8. The van der Waals surface area contributed by atoms with E-state index in [0.717, 1.165) is 0 Å². The fourth-order valence-electron chi connectivity index (χ4n) is 4.04. The lowest BCUT2D eigenvalue weighted by Crippen LogP contribution is -2.37. The molecule has 4 atom stereocenters. The van der Waals surface area contributed by atoms with Crippen molar-refractivity contribution in [3.05, 3.63) is 83.4 Å². The topological polar surface area (TPSA) is 66.7 Å². The van der Waals surface area contributed by atoms with Gasteiger partial charge in [-0.15, -0.1) is 0 Å². The van der Waals surface area contributed by atoms with Crippen molar-refractivity contribution in [2.24, 2.45) is 0 Å². The summed E-state index contributed by atoms with van der Waals surface area (Å²) in [6, 6.07) is 15.7. The lowest BCUT2D eigenvalue weighted by molar-refractivity contribution is 0.0204. The van der Waals surface area contributed by atoms with Gasteiger partial charge in [0.15, 0.2) is 0 Å². The van der Waals surface area contributed by atoms with E-state index in [1.54, 1.807) is 53.5 Å². The second kappa shape index (κ2) is 6.42. The Bertz CT molecular complexity index is 966. The van der Waals surface area contributed by atoms with Crippen LogP contribution in [0.3, 0.4) is 0 Å². The van der Waals surface area contributed by atoms with Crippen LogP contribution in [-0.2, 0) is 4.74 Å². The van der Waals surface area contributed by atoms with Crippen LogP contribution in [0.4, 0.5) is 0 Å². The largest absolute Gasteiger partial charge is 0.458 e. The molecule has 1 fully saturated rings. The lowest BCUT2D eigenvalue weighted by atomic mass is 10.1. The van der Waals surface area contributed by atoms with Crippen LogP contribution in [0.1, 0.15) is 43.9 Å². The maximum atomic E-state index is 12.7. The summed E-state index contributed by atoms with van der Waals surface area (Å²) in [6.45, 7) is 0. The van der Waals surface area contributed by atoms with Crippen molar-refractivity contribution in [2.45, 2.75) is 31.0 Å². The van der Waals surface area contributed by atoms with E-state index >= 15 is 0 Å². The van der Waals surface area contributed by atoms with Crippen molar-refractivity contribution in [1.29, 1.82) is 0 Å². The molecule has 0 aromatic heterocycles. The normalized spacial score (nSPS) is 27.8. The summed E-state index contributed by atoms with van der Waals surface area (Å²) >= 11 is 0. The van der Waals surface area contributed by atoms with E-state index in [1.165, 1.54) is 5.01 Å². The van der Waals surface area contributed by atoms with Crippen molar-refractivity contribution >= 4 is 17.8 Å². The van der Waals surface area contributed by atoms with Crippen LogP contribution in [0.15, 0.2) is 66.7 Å². The van der Waals surface area contributed by atoms with Gasteiger partial charge >= 0.3 is 5.97 Å². The molecule has 0 N–H and O–H groups in total. The fourth-order valence-corrected chi connectivity index (χ4v) is 4.04. The van der Waals surface area contributed by atoms with Crippen LogP contribution in [-0.4, -0.2) is 46.0 Å². The molecular weight excluding hydrogens is 356 g/mol. The lowest BCUT2D eigenvalue weighted by Gasteiger charge is -2.20. The Hall–Kier alpha value is -3.25. The van der Waals surface area contributed by atoms with Crippen molar-refractivity contribution in [3.8, 4) is 0 Å². The van der Waals surface area contributed by atoms with Gasteiger partial charge in [0.05, 0.1) is 28.8 Å². The monoisotopic (exact) mass is 374 g/mol. The number of amides is 2. The molecule has 140 valence electrons. The molecule has 5 rings (SSSR count). The average Bonchev–Trinajstić information content (AvgIpc) is 3.37. The van der Waals surface area contributed by atoms with Crippen LogP contribution < -0.4 is 0 Å². The minimum absolute atomic E-state index is 0.0253. The number of ether oxygens (including phenoxy) is 1. The van der Waals surface area contributed by atoms with Gasteiger partial charge in [0.2, 0.25) is 0 Å². The van der Waals surface area contributed by atoms with Crippen LogP contribution >= 0.6 is 0 Å². The number of hydrazine groups is 1. The first kappa shape index (κ1) is 16.9. The van der Waals surface area contributed by atoms with Crippen molar-refractivity contribution in [1.82, 2.24) is 10.0 Å². The maximum absolute atomic E-state index is 12.7. The van der Waals surface area contributed by atoms with Crippen LogP contribution in [0.5, 0.6) is 0 Å². The molecule has 0 saturated carbocycles. The number of fused-ring (bicyclic) bond motifs is 2. The zero-order valence-electron chi connectivity index (χ0n) is 15.0. The van der Waals surface area contributed by atoms with Gasteiger partial charge in [-0.25, -0.2) is 9.80 Å². The summed E-state index contributed by atoms with van der Waals surface area (Å²) < 4.78 is 5.68. The highest BCUT2D eigenvalue weighted by molar-refractivity contribution is 6.21. The van der Waals surface area contributed by atoms with Crippen molar-refractivity contribution in [3.63, 3.8) is 0 Å². The van der Waals surface area contributed by atoms with E-state index in [-0.39, 0.29) is 36.0 Å². The maximum Gasteiger partial charge on any atom is 0.338 e. The van der Waals surface area contributed by atoms with Crippen LogP contribution in [0.2, 0.25) is 0 Å². The van der Waals surface area contributed by atoms with Gasteiger partial charge in [0.25, 0.3) is 11.8 Å². The third-order valence-corrected chi connectivity index (χ3v) is 5.47. The SMILES string of the molecule is O=C(O[C@H]1CC=C[C@H]2[C@@H](C1)N2N1C(=O)c2ccccc2C1=O)c1ccccc1. The van der Waals surface area contributed by atoms with E-state index in [9.17, 15) is 14.4 Å². The van der Waals surface area contributed by atoms with Crippen molar-refractivity contribution < 1.29 is 19.1 Å². The van der Waals surface area contributed by atoms with Gasteiger partial charge in [0, 0.05) is 12.8 Å². The molecule has 2 heterocycles. The minimum atomic E-state index is -0.356. The second-order valence-corrected chi connectivity index (χ2v) is 7.20. The summed E-state index contributed by atoms with van der Waals surface area (Å²) in [6.07, 6.45) is 4.86. The van der Waals surface area contributed by atoms with E-state index < -0.39 is 0 Å². The Morgan fingerprint density at radius 2 is 1.57 bits per heavy atom. The Balaban J connectivity index is 1.31. The first-order chi connectivity index (χ1) is 13.6. The zero-order valence-corrected chi connectivity index (χ0v) is 15.0. The summed E-state index contributed by atoms with van der Waals surface area (Å²) in [5.41, 5.74) is 1.38. The molecule has 2 aliphatic heterocycles. The molecule has 2 amide bonds. The number of carbonyl (C=O) groups excluding carboxylic acids is 3. The molecule has 1 unspecified atom stereocenters. The molecule has 2 aromatic carbocycles. The number of hydrogen-bond donors (Lipinski definition) is 0. The second-order valence-electron chi connectivity index (χ2n) is 7.20. The van der Waals surface area contributed by atoms with Gasteiger partial charge in [0.1, 0.15) is 6.10 Å². The molecule has 1 saturated heterocycles. The molecule has 6 nitrogen and oxygen atoms in total. The first-order valence-electron chi connectivity index (χ1n) is 9.34. The highest BCUT2D eigenvalue weighted by atomic mass is 16.5. The van der Waals surface area contributed by atoms with E-state index in [2.05, 4.69) is 0 Å². The Labute approximate surface area is 162 Å². The van der Waals surface area contributed by atoms with Crippen LogP contribution in [0.25, 0.3) is 0 Å². The number of esters is 1. The number of rotatable bonds is 3. The predicted molar refractivity (Wildman–Crippen MR) is 100 cm³/mol. The molecule has 2 aromatic rings. The van der Waals surface area contributed by atoms with Crippen molar-refractivity contribution in [2.75, 3.05) is 0 Å². The summed E-state index contributed by atoms with van der Waals surface area (Å²) in [7, 11) is 0. The molecule has 0 bridgehead atoms. The molecule has 0 radical (unpaired) electrons.